The molecule has 0 aliphatic carbocycles. The summed E-state index contributed by atoms with van der Waals surface area (Å²) < 4.78 is 52.4. The average Bonchev–Trinajstić information content (AvgIpc) is 3.35. The predicted octanol–water partition coefficient (Wildman–Crippen LogP) is 3.49. The third-order valence-electron chi connectivity index (χ3n) is 7.28. The number of halogens is 4. The molecule has 5 rings (SSSR count). The lowest BCUT2D eigenvalue weighted by atomic mass is 9.66. The van der Waals surface area contributed by atoms with Crippen LogP contribution >= 0.6 is 11.6 Å². The summed E-state index contributed by atoms with van der Waals surface area (Å²) in [6.45, 7) is 1.57. The quantitative estimate of drug-likeness (QED) is 0.599. The van der Waals surface area contributed by atoms with E-state index in [0.717, 1.165) is 12.1 Å². The van der Waals surface area contributed by atoms with Crippen molar-refractivity contribution in [2.45, 2.75) is 43.2 Å². The first-order chi connectivity index (χ1) is 16.9. The lowest BCUT2D eigenvalue weighted by molar-refractivity contribution is -0.138. The molecule has 3 fully saturated rings. The molecule has 0 saturated carbocycles. The number of nitrogens with zero attached hydrogens (tertiary/aromatic N) is 3. The van der Waals surface area contributed by atoms with Crippen molar-refractivity contribution < 1.29 is 37.3 Å². The van der Waals surface area contributed by atoms with Crippen LogP contribution in [0.25, 0.3) is 0 Å². The van der Waals surface area contributed by atoms with E-state index in [1.165, 1.54) is 19.2 Å². The molecule has 1 N–H and O–H groups in total. The Bertz CT molecular complexity index is 1300. The highest BCUT2D eigenvalue weighted by atomic mass is 35.5. The lowest BCUT2D eigenvalue weighted by Gasteiger charge is -2.33. The standard InChI is InChI=1S/C24H19ClF3N3O5/c1-22-16(32)9-23(36-22,6-7-35-17-5-3-13(25)11-30-17)19-18(22)20(33)31(21(19)34)14-4-2-12(10-29)15(8-14)24(26,27)28/h2-5,8,11,16,18-19,32H,6-7,9H2,1H3/t16-,18-,19?,22?,23?/m0/s1. The van der Waals surface area contributed by atoms with Gasteiger partial charge in [-0.05, 0) is 31.2 Å². The zero-order chi connectivity index (χ0) is 26.0. The molecular weight excluding hydrogens is 503 g/mol. The Kier molecular flexibility index (Phi) is 5.55. The van der Waals surface area contributed by atoms with Crippen molar-refractivity contribution in [1.29, 1.82) is 5.26 Å². The fourth-order valence-electron chi connectivity index (χ4n) is 5.66. The predicted molar refractivity (Wildman–Crippen MR) is 118 cm³/mol. The molecule has 2 amide bonds. The molecule has 2 bridgehead atoms. The number of aliphatic hydroxyl groups excluding tert-OH is 1. The fraction of sp³-hybridized carbons (Fsp3) is 0.417. The third-order valence-corrected chi connectivity index (χ3v) is 7.50. The van der Waals surface area contributed by atoms with Gasteiger partial charge in [-0.1, -0.05) is 11.6 Å². The normalized spacial score (nSPS) is 31.0. The second kappa shape index (κ2) is 8.16. The molecule has 0 radical (unpaired) electrons. The number of ether oxygens (including phenoxy) is 2. The van der Waals surface area contributed by atoms with Crippen LogP contribution in [0.4, 0.5) is 18.9 Å². The number of rotatable bonds is 5. The molecule has 36 heavy (non-hydrogen) atoms. The number of fused-ring (bicyclic) bond motifs is 5. The molecule has 3 saturated heterocycles. The van der Waals surface area contributed by atoms with Crippen molar-refractivity contribution in [3.8, 4) is 11.9 Å². The van der Waals surface area contributed by atoms with Crippen LogP contribution in [0, 0.1) is 23.2 Å². The number of amides is 2. The van der Waals surface area contributed by atoms with Gasteiger partial charge in [-0.25, -0.2) is 9.88 Å². The maximum Gasteiger partial charge on any atom is 0.417 e. The molecule has 1 aromatic heterocycles. The first-order valence-electron chi connectivity index (χ1n) is 11.0. The third kappa shape index (κ3) is 3.55. The first kappa shape index (κ1) is 24.5. The summed E-state index contributed by atoms with van der Waals surface area (Å²) in [5, 5.41) is 20.2. The topological polar surface area (TPSA) is 113 Å². The van der Waals surface area contributed by atoms with E-state index in [9.17, 15) is 27.9 Å². The Morgan fingerprint density at radius 3 is 2.64 bits per heavy atom. The number of pyridine rings is 1. The van der Waals surface area contributed by atoms with Gasteiger partial charge >= 0.3 is 6.18 Å². The minimum absolute atomic E-state index is 0.0389. The van der Waals surface area contributed by atoms with Crippen LogP contribution in [0.3, 0.4) is 0 Å². The van der Waals surface area contributed by atoms with E-state index in [2.05, 4.69) is 4.98 Å². The molecular formula is C24H19ClF3N3O5. The van der Waals surface area contributed by atoms with Crippen molar-refractivity contribution in [1.82, 2.24) is 4.98 Å². The van der Waals surface area contributed by atoms with Crippen LogP contribution in [0.2, 0.25) is 5.02 Å². The summed E-state index contributed by atoms with van der Waals surface area (Å²) in [5.41, 5.74) is -4.82. The van der Waals surface area contributed by atoms with Crippen molar-refractivity contribution in [2.24, 2.45) is 11.8 Å². The number of carbonyl (C=O) groups excluding carboxylic acids is 2. The Hall–Kier alpha value is -3.20. The minimum atomic E-state index is -4.86. The molecule has 0 spiro atoms. The van der Waals surface area contributed by atoms with Gasteiger partial charge < -0.3 is 14.6 Å². The largest absolute Gasteiger partial charge is 0.478 e. The van der Waals surface area contributed by atoms with Crippen LogP contribution in [-0.4, -0.2) is 45.8 Å². The number of nitriles is 1. The maximum absolute atomic E-state index is 13.6. The van der Waals surface area contributed by atoms with Crippen LogP contribution < -0.4 is 9.64 Å². The zero-order valence-corrected chi connectivity index (χ0v) is 19.5. The average molecular weight is 522 g/mol. The molecule has 5 atom stereocenters. The number of hydrogen-bond acceptors (Lipinski definition) is 7. The van der Waals surface area contributed by atoms with Gasteiger partial charge in [0.25, 0.3) is 0 Å². The van der Waals surface area contributed by atoms with Crippen molar-refractivity contribution >= 4 is 29.1 Å². The number of hydrogen-bond donors (Lipinski definition) is 1. The Labute approximate surface area is 208 Å². The van der Waals surface area contributed by atoms with Gasteiger partial charge in [0.15, 0.2) is 0 Å². The van der Waals surface area contributed by atoms with Crippen LogP contribution in [0.15, 0.2) is 36.5 Å². The summed E-state index contributed by atoms with van der Waals surface area (Å²) in [5.74, 6) is -3.31. The van der Waals surface area contributed by atoms with E-state index in [1.54, 1.807) is 12.1 Å². The molecule has 12 heteroatoms. The summed E-state index contributed by atoms with van der Waals surface area (Å²) in [7, 11) is 0. The first-order valence-corrected chi connectivity index (χ1v) is 11.4. The van der Waals surface area contributed by atoms with E-state index in [4.69, 9.17) is 26.3 Å². The molecule has 1 aromatic carbocycles. The van der Waals surface area contributed by atoms with Crippen LogP contribution in [0.1, 0.15) is 30.9 Å². The smallest absolute Gasteiger partial charge is 0.417 e. The number of aliphatic hydroxyl groups is 1. The number of imide groups is 1. The van der Waals surface area contributed by atoms with Crippen molar-refractivity contribution in [3.05, 3.63) is 52.7 Å². The van der Waals surface area contributed by atoms with Gasteiger partial charge in [-0.15, -0.1) is 0 Å². The van der Waals surface area contributed by atoms with E-state index < -0.39 is 58.3 Å². The number of benzene rings is 1. The van der Waals surface area contributed by atoms with E-state index >= 15 is 0 Å². The second-order valence-electron chi connectivity index (χ2n) is 9.29. The van der Waals surface area contributed by atoms with E-state index in [1.807, 2.05) is 0 Å². The maximum atomic E-state index is 13.6. The molecule has 8 nitrogen and oxygen atoms in total. The molecule has 3 aliphatic heterocycles. The monoisotopic (exact) mass is 521 g/mol. The lowest BCUT2D eigenvalue weighted by Crippen LogP contribution is -2.49. The molecule has 3 unspecified atom stereocenters. The van der Waals surface area contributed by atoms with Crippen LogP contribution in [0.5, 0.6) is 5.88 Å². The number of aromatic nitrogens is 1. The fourth-order valence-corrected chi connectivity index (χ4v) is 5.77. The summed E-state index contributed by atoms with van der Waals surface area (Å²) >= 11 is 5.82. The van der Waals surface area contributed by atoms with Gasteiger partial charge in [-0.2, -0.15) is 18.4 Å². The Balaban J connectivity index is 1.46. The summed E-state index contributed by atoms with van der Waals surface area (Å²) in [4.78, 5) is 31.7. The molecule has 4 heterocycles. The molecule has 2 aromatic rings. The molecule has 3 aliphatic rings. The van der Waals surface area contributed by atoms with Gasteiger partial charge in [0, 0.05) is 25.1 Å². The second-order valence-corrected chi connectivity index (χ2v) is 9.73. The van der Waals surface area contributed by atoms with Gasteiger partial charge in [0.2, 0.25) is 17.7 Å². The Morgan fingerprint density at radius 1 is 1.28 bits per heavy atom. The van der Waals surface area contributed by atoms with Crippen LogP contribution in [-0.2, 0) is 20.5 Å². The van der Waals surface area contributed by atoms with Gasteiger partial charge in [0.1, 0.15) is 5.60 Å². The van der Waals surface area contributed by atoms with Gasteiger partial charge in [-0.3, -0.25) is 9.59 Å². The zero-order valence-electron chi connectivity index (χ0n) is 18.8. The molecule has 188 valence electrons. The highest BCUT2D eigenvalue weighted by molar-refractivity contribution is 6.30. The highest BCUT2D eigenvalue weighted by Crippen LogP contribution is 2.62. The summed E-state index contributed by atoms with van der Waals surface area (Å²) in [6, 6.07) is 7.31. The number of alkyl halides is 3. The summed E-state index contributed by atoms with van der Waals surface area (Å²) in [6.07, 6.45) is -4.36. The van der Waals surface area contributed by atoms with Crippen molar-refractivity contribution in [2.75, 3.05) is 11.5 Å². The van der Waals surface area contributed by atoms with E-state index in [-0.39, 0.29) is 31.0 Å². The van der Waals surface area contributed by atoms with Crippen molar-refractivity contribution in [3.63, 3.8) is 0 Å². The minimum Gasteiger partial charge on any atom is -0.478 e. The number of carbonyl (C=O) groups is 2. The van der Waals surface area contributed by atoms with E-state index in [0.29, 0.717) is 16.0 Å². The highest BCUT2D eigenvalue weighted by Gasteiger charge is 2.77. The SMILES string of the molecule is CC12OC(CCOc3ccc(Cl)cn3)(C[C@@H]1O)C1C(=O)N(c3ccc(C#N)c(C(F)(F)F)c3)C(=O)[C@H]12. The Morgan fingerprint density at radius 2 is 2.00 bits per heavy atom. The number of anilines is 1. The van der Waals surface area contributed by atoms with Gasteiger partial charge in [0.05, 0.1) is 58.1 Å².